The van der Waals surface area contributed by atoms with Crippen LogP contribution in [0.5, 0.6) is 0 Å². The van der Waals surface area contributed by atoms with E-state index in [1.807, 2.05) is 20.8 Å². The molecule has 0 aromatic heterocycles. The first-order chi connectivity index (χ1) is 12.5. The van der Waals surface area contributed by atoms with Gasteiger partial charge in [-0.15, -0.1) is 0 Å². The number of hydrogen-bond donors (Lipinski definition) is 2. The van der Waals surface area contributed by atoms with E-state index in [0.717, 1.165) is 25.7 Å². The largest absolute Gasteiger partial charge is 0.384 e. The zero-order valence-electron chi connectivity index (χ0n) is 17.1. The Labute approximate surface area is 158 Å². The van der Waals surface area contributed by atoms with Crippen molar-refractivity contribution in [3.63, 3.8) is 0 Å². The minimum absolute atomic E-state index is 0.0360. The predicted octanol–water partition coefficient (Wildman–Crippen LogP) is 2.99. The maximum atomic E-state index is 11.9. The molecular weight excluding hydrogens is 332 g/mol. The number of ketones is 1. The quantitative estimate of drug-likeness (QED) is 0.585. The Hall–Kier alpha value is -1.43. The Bertz CT molecular complexity index is 405. The minimum Gasteiger partial charge on any atom is -0.384 e. The second-order valence-electron chi connectivity index (χ2n) is 6.58. The lowest BCUT2D eigenvalue weighted by molar-refractivity contribution is -0.123. The van der Waals surface area contributed by atoms with Crippen LogP contribution < -0.4 is 10.6 Å². The third-order valence-corrected chi connectivity index (χ3v) is 4.59. The van der Waals surface area contributed by atoms with Gasteiger partial charge in [0, 0.05) is 45.4 Å². The standard InChI is InChI=1S/C18H32N2O4.C2H6/c1-3-16(21)5-4-6-18(23)20-15-9-7-14(8-10-15)13-19-17(22)11-12-24-2;1-2/h14-15H,3-13H2,1-2H3,(H,19,22)(H,20,23);1-2H3. The van der Waals surface area contributed by atoms with Gasteiger partial charge in [0.2, 0.25) is 11.8 Å². The van der Waals surface area contributed by atoms with Gasteiger partial charge in [0.05, 0.1) is 6.61 Å². The number of carbonyl (C=O) groups excluding carboxylic acids is 3. The van der Waals surface area contributed by atoms with Crippen molar-refractivity contribution in [1.29, 1.82) is 0 Å². The van der Waals surface area contributed by atoms with Gasteiger partial charge in [0.1, 0.15) is 5.78 Å². The normalized spacial score (nSPS) is 19.1. The molecule has 1 aliphatic carbocycles. The van der Waals surface area contributed by atoms with Gasteiger partial charge in [-0.05, 0) is 38.0 Å². The van der Waals surface area contributed by atoms with Gasteiger partial charge >= 0.3 is 0 Å². The van der Waals surface area contributed by atoms with E-state index in [0.29, 0.717) is 51.2 Å². The van der Waals surface area contributed by atoms with Crippen LogP contribution in [0.1, 0.15) is 78.6 Å². The number of ether oxygens (including phenoxy) is 1. The average Bonchev–Trinajstić information content (AvgIpc) is 2.67. The molecule has 0 aliphatic heterocycles. The summed E-state index contributed by atoms with van der Waals surface area (Å²) < 4.78 is 4.88. The minimum atomic E-state index is 0.0360. The van der Waals surface area contributed by atoms with Gasteiger partial charge in [-0.3, -0.25) is 14.4 Å². The van der Waals surface area contributed by atoms with Crippen molar-refractivity contribution < 1.29 is 19.1 Å². The molecule has 0 unspecified atom stereocenters. The number of hydrogen-bond acceptors (Lipinski definition) is 4. The Morgan fingerprint density at radius 3 is 2.19 bits per heavy atom. The van der Waals surface area contributed by atoms with Crippen LogP contribution in [0.15, 0.2) is 0 Å². The van der Waals surface area contributed by atoms with E-state index in [1.54, 1.807) is 7.11 Å². The summed E-state index contributed by atoms with van der Waals surface area (Å²) in [5.41, 5.74) is 0. The summed E-state index contributed by atoms with van der Waals surface area (Å²) >= 11 is 0. The Morgan fingerprint density at radius 2 is 1.62 bits per heavy atom. The molecular formula is C20H38N2O4. The molecule has 0 spiro atoms. The summed E-state index contributed by atoms with van der Waals surface area (Å²) in [6, 6.07) is 0.236. The fraction of sp³-hybridized carbons (Fsp3) is 0.850. The molecule has 0 radical (unpaired) electrons. The lowest BCUT2D eigenvalue weighted by Gasteiger charge is -2.29. The van der Waals surface area contributed by atoms with Crippen molar-refractivity contribution >= 4 is 17.6 Å². The molecule has 2 amide bonds. The summed E-state index contributed by atoms with van der Waals surface area (Å²) in [5.74, 6) is 0.798. The van der Waals surface area contributed by atoms with E-state index in [1.165, 1.54) is 0 Å². The molecule has 1 saturated carbocycles. The summed E-state index contributed by atoms with van der Waals surface area (Å²) in [7, 11) is 1.59. The summed E-state index contributed by atoms with van der Waals surface area (Å²) in [5, 5.41) is 6.02. The number of carbonyl (C=O) groups is 3. The lowest BCUT2D eigenvalue weighted by Crippen LogP contribution is -2.39. The Balaban J connectivity index is 0.00000301. The first-order valence-corrected chi connectivity index (χ1v) is 10.1. The highest BCUT2D eigenvalue weighted by Gasteiger charge is 2.22. The van der Waals surface area contributed by atoms with E-state index in [9.17, 15) is 14.4 Å². The van der Waals surface area contributed by atoms with Crippen molar-refractivity contribution in [3.05, 3.63) is 0 Å². The van der Waals surface area contributed by atoms with Crippen molar-refractivity contribution in [1.82, 2.24) is 10.6 Å². The topological polar surface area (TPSA) is 84.5 Å². The van der Waals surface area contributed by atoms with Gasteiger partial charge in [0.15, 0.2) is 0 Å². The smallest absolute Gasteiger partial charge is 0.222 e. The maximum Gasteiger partial charge on any atom is 0.222 e. The zero-order valence-corrected chi connectivity index (χ0v) is 17.1. The Morgan fingerprint density at radius 1 is 0.962 bits per heavy atom. The van der Waals surface area contributed by atoms with Crippen LogP contribution in [0.4, 0.5) is 0 Å². The third kappa shape index (κ3) is 12.0. The van der Waals surface area contributed by atoms with E-state index in [4.69, 9.17) is 4.74 Å². The molecule has 0 bridgehead atoms. The third-order valence-electron chi connectivity index (χ3n) is 4.59. The highest BCUT2D eigenvalue weighted by Crippen LogP contribution is 2.23. The molecule has 0 aromatic carbocycles. The van der Waals surface area contributed by atoms with Gasteiger partial charge in [0.25, 0.3) is 0 Å². The van der Waals surface area contributed by atoms with Crippen LogP contribution in [-0.2, 0) is 19.1 Å². The molecule has 0 heterocycles. The van der Waals surface area contributed by atoms with E-state index < -0.39 is 0 Å². The fourth-order valence-corrected chi connectivity index (χ4v) is 2.97. The van der Waals surface area contributed by atoms with E-state index >= 15 is 0 Å². The molecule has 1 aliphatic rings. The monoisotopic (exact) mass is 370 g/mol. The maximum absolute atomic E-state index is 11.9. The summed E-state index contributed by atoms with van der Waals surface area (Å²) in [4.78, 5) is 34.7. The molecule has 2 N–H and O–H groups in total. The number of Topliss-reactive ketones (excluding diaryl/α,β-unsaturated/α-hetero) is 1. The number of amides is 2. The molecule has 0 aromatic rings. The first-order valence-electron chi connectivity index (χ1n) is 10.1. The van der Waals surface area contributed by atoms with E-state index in [2.05, 4.69) is 10.6 Å². The molecule has 6 heteroatoms. The second kappa shape index (κ2) is 15.8. The molecule has 152 valence electrons. The average molecular weight is 371 g/mol. The molecule has 26 heavy (non-hydrogen) atoms. The molecule has 1 fully saturated rings. The number of nitrogens with one attached hydrogen (secondary N) is 2. The van der Waals surface area contributed by atoms with Gasteiger partial charge in [-0.2, -0.15) is 0 Å². The highest BCUT2D eigenvalue weighted by molar-refractivity contribution is 5.80. The second-order valence-corrected chi connectivity index (χ2v) is 6.58. The van der Waals surface area contributed by atoms with Crippen LogP contribution in [-0.4, -0.2) is 43.9 Å². The van der Waals surface area contributed by atoms with Crippen LogP contribution in [0.25, 0.3) is 0 Å². The SMILES string of the molecule is CC.CCC(=O)CCCC(=O)NC1CCC(CNC(=O)CCOC)CC1. The van der Waals surface area contributed by atoms with Crippen LogP contribution in [0, 0.1) is 5.92 Å². The Kier molecular flexibility index (Phi) is 14.9. The molecule has 1 rings (SSSR count). The fourth-order valence-electron chi connectivity index (χ4n) is 2.97. The van der Waals surface area contributed by atoms with Crippen molar-refractivity contribution in [2.24, 2.45) is 5.92 Å². The predicted molar refractivity (Wildman–Crippen MR) is 104 cm³/mol. The molecule has 6 nitrogen and oxygen atoms in total. The number of rotatable bonds is 11. The summed E-state index contributed by atoms with van der Waals surface area (Å²) in [6.07, 6.45) is 6.47. The highest BCUT2D eigenvalue weighted by atomic mass is 16.5. The van der Waals surface area contributed by atoms with E-state index in [-0.39, 0.29) is 23.6 Å². The van der Waals surface area contributed by atoms with Gasteiger partial charge in [-0.25, -0.2) is 0 Å². The zero-order chi connectivity index (χ0) is 19.8. The van der Waals surface area contributed by atoms with Gasteiger partial charge in [-0.1, -0.05) is 20.8 Å². The van der Waals surface area contributed by atoms with Crippen LogP contribution in [0.3, 0.4) is 0 Å². The van der Waals surface area contributed by atoms with Crippen LogP contribution >= 0.6 is 0 Å². The summed E-state index contributed by atoms with van der Waals surface area (Å²) in [6.45, 7) is 7.01. The molecule has 0 atom stereocenters. The first kappa shape index (κ1) is 24.6. The van der Waals surface area contributed by atoms with Crippen molar-refractivity contribution in [2.75, 3.05) is 20.3 Å². The van der Waals surface area contributed by atoms with Crippen LogP contribution in [0.2, 0.25) is 0 Å². The molecule has 0 saturated heterocycles. The van der Waals surface area contributed by atoms with Crippen molar-refractivity contribution in [2.45, 2.75) is 84.6 Å². The van der Waals surface area contributed by atoms with Crippen molar-refractivity contribution in [3.8, 4) is 0 Å². The lowest BCUT2D eigenvalue weighted by atomic mass is 9.86. The van der Waals surface area contributed by atoms with Gasteiger partial charge < -0.3 is 15.4 Å². The number of methoxy groups -OCH3 is 1.